The minimum atomic E-state index is -0.0329. The van der Waals surface area contributed by atoms with E-state index in [4.69, 9.17) is 9.15 Å². The Bertz CT molecular complexity index is 554. The van der Waals surface area contributed by atoms with Crippen molar-refractivity contribution < 1.29 is 9.15 Å². The number of nitrogens with zero attached hydrogens (tertiary/aromatic N) is 1. The summed E-state index contributed by atoms with van der Waals surface area (Å²) in [6.45, 7) is 6.89. The predicted octanol–water partition coefficient (Wildman–Crippen LogP) is 3.92. The Kier molecular flexibility index (Phi) is 5.20. The molecule has 0 saturated heterocycles. The van der Waals surface area contributed by atoms with Crippen LogP contribution < -0.4 is 10.1 Å². The van der Waals surface area contributed by atoms with Crippen molar-refractivity contribution in [1.29, 1.82) is 0 Å². The molecule has 0 bridgehead atoms. The number of hydrogen-bond acceptors (Lipinski definition) is 4. The maximum absolute atomic E-state index is 5.69. The highest BCUT2D eigenvalue weighted by Crippen LogP contribution is 2.27. The molecule has 1 N–H and O–H groups in total. The Balaban J connectivity index is 2.29. The Hall–Kier alpha value is -1.33. The lowest BCUT2D eigenvalue weighted by Gasteiger charge is -2.17. The third kappa shape index (κ3) is 3.84. The zero-order valence-electron chi connectivity index (χ0n) is 11.9. The van der Waals surface area contributed by atoms with E-state index in [9.17, 15) is 0 Å². The van der Waals surface area contributed by atoms with E-state index in [1.165, 1.54) is 0 Å². The average molecular weight is 339 g/mol. The largest absolute Gasteiger partial charge is 0.489 e. The minimum absolute atomic E-state index is 0.0329. The molecule has 0 aromatic carbocycles. The number of ether oxygens (including phenoxy) is 1. The standard InChI is InChI=1S/C15H19BrN2O2/c1-4-18-15(13-5-6-14(16)20-13)11-7-12(9-17-8-11)19-10(2)3/h5-10,15,18H,4H2,1-3H3. The maximum Gasteiger partial charge on any atom is 0.169 e. The lowest BCUT2D eigenvalue weighted by atomic mass is 10.1. The highest BCUT2D eigenvalue weighted by molar-refractivity contribution is 9.10. The smallest absolute Gasteiger partial charge is 0.169 e. The van der Waals surface area contributed by atoms with Gasteiger partial charge in [-0.2, -0.15) is 0 Å². The molecule has 1 unspecified atom stereocenters. The molecule has 2 aromatic rings. The number of furan rings is 1. The van der Waals surface area contributed by atoms with Crippen LogP contribution in [0.4, 0.5) is 0 Å². The van der Waals surface area contributed by atoms with Crippen molar-refractivity contribution in [2.75, 3.05) is 6.54 Å². The second-order valence-electron chi connectivity index (χ2n) is 4.75. The van der Waals surface area contributed by atoms with Crippen molar-refractivity contribution in [3.63, 3.8) is 0 Å². The predicted molar refractivity (Wildman–Crippen MR) is 81.9 cm³/mol. The Morgan fingerprint density at radius 3 is 2.75 bits per heavy atom. The molecular formula is C15H19BrN2O2. The van der Waals surface area contributed by atoms with Gasteiger partial charge >= 0.3 is 0 Å². The third-order valence-corrected chi connectivity index (χ3v) is 3.15. The van der Waals surface area contributed by atoms with Crippen LogP contribution in [0, 0.1) is 0 Å². The van der Waals surface area contributed by atoms with Crippen LogP contribution in [0.1, 0.15) is 38.1 Å². The first-order chi connectivity index (χ1) is 9.60. The van der Waals surface area contributed by atoms with Crippen LogP contribution in [0.2, 0.25) is 0 Å². The van der Waals surface area contributed by atoms with Crippen molar-refractivity contribution in [1.82, 2.24) is 10.3 Å². The van der Waals surface area contributed by atoms with Crippen LogP contribution in [-0.2, 0) is 0 Å². The molecule has 0 fully saturated rings. The lowest BCUT2D eigenvalue weighted by molar-refractivity contribution is 0.241. The third-order valence-electron chi connectivity index (χ3n) is 2.73. The van der Waals surface area contributed by atoms with Gasteiger partial charge in [-0.15, -0.1) is 0 Å². The van der Waals surface area contributed by atoms with Crippen LogP contribution in [0.25, 0.3) is 0 Å². The highest BCUT2D eigenvalue weighted by atomic mass is 79.9. The number of halogens is 1. The van der Waals surface area contributed by atoms with Gasteiger partial charge in [0.1, 0.15) is 11.5 Å². The fourth-order valence-electron chi connectivity index (χ4n) is 2.00. The Labute approximate surface area is 127 Å². The van der Waals surface area contributed by atoms with Crippen molar-refractivity contribution in [3.8, 4) is 5.75 Å². The van der Waals surface area contributed by atoms with Crippen LogP contribution in [0.5, 0.6) is 5.75 Å². The number of aromatic nitrogens is 1. The van der Waals surface area contributed by atoms with E-state index >= 15 is 0 Å². The van der Waals surface area contributed by atoms with Gasteiger partial charge in [-0.25, -0.2) is 0 Å². The first-order valence-electron chi connectivity index (χ1n) is 6.70. The van der Waals surface area contributed by atoms with Gasteiger partial charge in [0.2, 0.25) is 0 Å². The SMILES string of the molecule is CCNC(c1cncc(OC(C)C)c1)c1ccc(Br)o1. The van der Waals surface area contributed by atoms with Gasteiger partial charge in [-0.1, -0.05) is 6.92 Å². The average Bonchev–Trinajstić information content (AvgIpc) is 2.82. The summed E-state index contributed by atoms with van der Waals surface area (Å²) >= 11 is 3.34. The van der Waals surface area contributed by atoms with E-state index in [-0.39, 0.29) is 12.1 Å². The Morgan fingerprint density at radius 1 is 1.35 bits per heavy atom. The van der Waals surface area contributed by atoms with Gasteiger partial charge in [0, 0.05) is 6.20 Å². The number of rotatable bonds is 6. The van der Waals surface area contributed by atoms with E-state index in [2.05, 4.69) is 33.2 Å². The second-order valence-corrected chi connectivity index (χ2v) is 5.53. The van der Waals surface area contributed by atoms with Crippen LogP contribution in [0.3, 0.4) is 0 Å². The van der Waals surface area contributed by atoms with Crippen molar-refractivity contribution in [3.05, 3.63) is 46.6 Å². The van der Waals surface area contributed by atoms with Crippen LogP contribution >= 0.6 is 15.9 Å². The van der Waals surface area contributed by atoms with Gasteiger partial charge < -0.3 is 14.5 Å². The molecule has 2 heterocycles. The van der Waals surface area contributed by atoms with Gasteiger partial charge in [-0.3, -0.25) is 4.98 Å². The minimum Gasteiger partial charge on any atom is -0.489 e. The molecule has 0 aliphatic heterocycles. The van der Waals surface area contributed by atoms with E-state index < -0.39 is 0 Å². The Morgan fingerprint density at radius 2 is 2.15 bits per heavy atom. The molecule has 0 spiro atoms. The van der Waals surface area contributed by atoms with Crippen LogP contribution in [0.15, 0.2) is 39.7 Å². The summed E-state index contributed by atoms with van der Waals surface area (Å²) in [5.74, 6) is 1.62. The van der Waals surface area contributed by atoms with Gasteiger partial charge in [0.15, 0.2) is 4.67 Å². The number of pyridine rings is 1. The van der Waals surface area contributed by atoms with Crippen molar-refractivity contribution >= 4 is 15.9 Å². The molecule has 0 saturated carbocycles. The summed E-state index contributed by atoms with van der Waals surface area (Å²) in [5, 5.41) is 3.40. The number of hydrogen-bond donors (Lipinski definition) is 1. The molecule has 0 aliphatic rings. The lowest BCUT2D eigenvalue weighted by Crippen LogP contribution is -2.21. The summed E-state index contributed by atoms with van der Waals surface area (Å²) in [5.41, 5.74) is 1.02. The van der Waals surface area contributed by atoms with E-state index in [1.54, 1.807) is 6.20 Å². The van der Waals surface area contributed by atoms with E-state index in [1.807, 2.05) is 38.2 Å². The van der Waals surface area contributed by atoms with Gasteiger partial charge in [-0.05, 0) is 60.1 Å². The fourth-order valence-corrected chi connectivity index (χ4v) is 2.32. The second kappa shape index (κ2) is 6.90. The molecule has 0 aliphatic carbocycles. The van der Waals surface area contributed by atoms with Crippen molar-refractivity contribution in [2.24, 2.45) is 0 Å². The van der Waals surface area contributed by atoms with Gasteiger partial charge in [0.05, 0.1) is 18.3 Å². The summed E-state index contributed by atoms with van der Waals surface area (Å²) in [4.78, 5) is 4.25. The molecule has 1 atom stereocenters. The van der Waals surface area contributed by atoms with Crippen LogP contribution in [-0.4, -0.2) is 17.6 Å². The first kappa shape index (κ1) is 15.1. The summed E-state index contributed by atoms with van der Waals surface area (Å²) in [7, 11) is 0. The number of nitrogens with one attached hydrogen (secondary N) is 1. The van der Waals surface area contributed by atoms with Crippen molar-refractivity contribution in [2.45, 2.75) is 32.9 Å². The molecule has 5 heteroatoms. The van der Waals surface area contributed by atoms with Gasteiger partial charge in [0.25, 0.3) is 0 Å². The zero-order valence-corrected chi connectivity index (χ0v) is 13.5. The maximum atomic E-state index is 5.69. The molecule has 108 valence electrons. The van der Waals surface area contributed by atoms with E-state index in [0.29, 0.717) is 0 Å². The first-order valence-corrected chi connectivity index (χ1v) is 7.49. The molecule has 2 aromatic heterocycles. The monoisotopic (exact) mass is 338 g/mol. The summed E-state index contributed by atoms with van der Waals surface area (Å²) in [6.07, 6.45) is 3.68. The normalized spacial score (nSPS) is 12.7. The quantitative estimate of drug-likeness (QED) is 0.866. The molecule has 0 radical (unpaired) electrons. The molecule has 0 amide bonds. The molecule has 4 nitrogen and oxygen atoms in total. The molecule has 20 heavy (non-hydrogen) atoms. The summed E-state index contributed by atoms with van der Waals surface area (Å²) in [6, 6.07) is 5.81. The zero-order chi connectivity index (χ0) is 14.5. The highest BCUT2D eigenvalue weighted by Gasteiger charge is 2.18. The summed E-state index contributed by atoms with van der Waals surface area (Å²) < 4.78 is 12.1. The van der Waals surface area contributed by atoms with E-state index in [0.717, 1.165) is 28.3 Å². The topological polar surface area (TPSA) is 47.3 Å². The molecule has 2 rings (SSSR count). The fraction of sp³-hybridized carbons (Fsp3) is 0.400. The molecular weight excluding hydrogens is 320 g/mol.